The summed E-state index contributed by atoms with van der Waals surface area (Å²) < 4.78 is 5.13. The highest BCUT2D eigenvalue weighted by atomic mass is 32.1. The predicted octanol–water partition coefficient (Wildman–Crippen LogP) is 1.18. The molecule has 6 nitrogen and oxygen atoms in total. The van der Waals surface area contributed by atoms with Gasteiger partial charge in [-0.05, 0) is 36.1 Å². The van der Waals surface area contributed by atoms with E-state index in [1.807, 2.05) is 7.05 Å². The zero-order valence-corrected chi connectivity index (χ0v) is 16.5. The Kier molecular flexibility index (Phi) is 7.17. The van der Waals surface area contributed by atoms with Crippen LogP contribution < -0.4 is 15.0 Å². The summed E-state index contributed by atoms with van der Waals surface area (Å²) >= 11 is 1.71. The molecule has 140 valence electrons. The minimum atomic E-state index is -0.235. The van der Waals surface area contributed by atoms with E-state index >= 15 is 0 Å². The van der Waals surface area contributed by atoms with Gasteiger partial charge in [0, 0.05) is 18.8 Å². The molecule has 0 spiro atoms. The van der Waals surface area contributed by atoms with Crippen LogP contribution in [0.2, 0.25) is 0 Å². The van der Waals surface area contributed by atoms with Crippen molar-refractivity contribution in [2.45, 2.75) is 13.5 Å². The van der Waals surface area contributed by atoms with Crippen LogP contribution in [-0.2, 0) is 16.1 Å². The number of carbonyl (C=O) groups is 2. The number of ether oxygens (including phenoxy) is 1. The lowest BCUT2D eigenvalue weighted by molar-refractivity contribution is -0.885. The van der Waals surface area contributed by atoms with Gasteiger partial charge in [0.15, 0.2) is 6.54 Å². The molecule has 2 amide bonds. The summed E-state index contributed by atoms with van der Waals surface area (Å²) in [6.07, 6.45) is 0. The number of aryl methyl sites for hydroxylation is 1. The zero-order chi connectivity index (χ0) is 19.1. The van der Waals surface area contributed by atoms with Gasteiger partial charge in [0.2, 0.25) is 5.91 Å². The van der Waals surface area contributed by atoms with E-state index in [2.05, 4.69) is 23.7 Å². The summed E-state index contributed by atoms with van der Waals surface area (Å²) in [4.78, 5) is 28.4. The normalized spacial score (nSPS) is 11.7. The summed E-state index contributed by atoms with van der Waals surface area (Å²) in [5.41, 5.74) is 1.90. The molecular weight excluding hydrogens is 350 g/mol. The van der Waals surface area contributed by atoms with Gasteiger partial charge in [0.1, 0.15) is 12.3 Å². The topological polar surface area (TPSA) is 63.1 Å². The number of hydrogen-bond donors (Lipinski definition) is 2. The van der Waals surface area contributed by atoms with E-state index in [0.29, 0.717) is 18.0 Å². The first-order valence-corrected chi connectivity index (χ1v) is 9.29. The third-order valence-corrected chi connectivity index (χ3v) is 5.07. The van der Waals surface area contributed by atoms with Gasteiger partial charge >= 0.3 is 0 Å². The Morgan fingerprint density at radius 3 is 2.73 bits per heavy atom. The fourth-order valence-electron chi connectivity index (χ4n) is 2.52. The van der Waals surface area contributed by atoms with Gasteiger partial charge in [-0.1, -0.05) is 6.07 Å². The monoisotopic (exact) mass is 376 g/mol. The average molecular weight is 377 g/mol. The second kappa shape index (κ2) is 9.35. The molecule has 0 saturated heterocycles. The fourth-order valence-corrected chi connectivity index (χ4v) is 3.54. The highest BCUT2D eigenvalue weighted by molar-refractivity contribution is 7.10. The minimum Gasteiger partial charge on any atom is -0.497 e. The van der Waals surface area contributed by atoms with E-state index in [-0.39, 0.29) is 18.4 Å². The van der Waals surface area contributed by atoms with Crippen LogP contribution >= 0.6 is 11.3 Å². The van der Waals surface area contributed by atoms with Gasteiger partial charge in [-0.2, -0.15) is 0 Å². The SMILES string of the molecule is COc1cccc(NC(=O)CN(C)C(=O)C[NH+](C)Cc2sccc2C)c1. The molecular formula is C19H26N3O3S+. The van der Waals surface area contributed by atoms with Crippen molar-refractivity contribution in [1.29, 1.82) is 0 Å². The smallest absolute Gasteiger partial charge is 0.277 e. The molecule has 1 atom stereocenters. The molecule has 1 aromatic heterocycles. The number of amides is 2. The van der Waals surface area contributed by atoms with Gasteiger partial charge in [-0.15, -0.1) is 11.3 Å². The van der Waals surface area contributed by atoms with Crippen molar-refractivity contribution in [2.24, 2.45) is 0 Å². The average Bonchev–Trinajstić information content (AvgIpc) is 2.99. The number of likely N-dealkylation sites (N-methyl/N-ethyl adjacent to an activating group) is 2. The zero-order valence-electron chi connectivity index (χ0n) is 15.7. The number of nitrogens with zero attached hydrogens (tertiary/aromatic N) is 1. The van der Waals surface area contributed by atoms with Crippen LogP contribution in [0.25, 0.3) is 0 Å². The Bertz CT molecular complexity index is 760. The Balaban J connectivity index is 1.81. The molecule has 2 rings (SSSR count). The number of carbonyl (C=O) groups excluding carboxylic acids is 2. The molecule has 1 aromatic carbocycles. The van der Waals surface area contributed by atoms with Gasteiger partial charge in [-0.3, -0.25) is 9.59 Å². The number of hydrogen-bond acceptors (Lipinski definition) is 4. The van der Waals surface area contributed by atoms with Crippen LogP contribution in [0.5, 0.6) is 5.75 Å². The van der Waals surface area contributed by atoms with Crippen LogP contribution in [0.1, 0.15) is 10.4 Å². The number of benzene rings is 1. The number of anilines is 1. The summed E-state index contributed by atoms with van der Waals surface area (Å²) in [6.45, 7) is 3.25. The maximum Gasteiger partial charge on any atom is 0.277 e. The molecule has 0 saturated carbocycles. The summed E-state index contributed by atoms with van der Waals surface area (Å²) in [5, 5.41) is 4.85. The first-order chi connectivity index (χ1) is 12.4. The van der Waals surface area contributed by atoms with Crippen LogP contribution in [0.15, 0.2) is 35.7 Å². The van der Waals surface area contributed by atoms with Crippen molar-refractivity contribution in [1.82, 2.24) is 4.90 Å². The molecule has 0 aliphatic carbocycles. The number of methoxy groups -OCH3 is 1. The van der Waals surface area contributed by atoms with E-state index in [9.17, 15) is 9.59 Å². The van der Waals surface area contributed by atoms with Gasteiger partial charge < -0.3 is 19.9 Å². The van der Waals surface area contributed by atoms with Crippen LogP contribution in [0, 0.1) is 6.92 Å². The van der Waals surface area contributed by atoms with Crippen LogP contribution in [0.3, 0.4) is 0 Å². The maximum atomic E-state index is 12.4. The van der Waals surface area contributed by atoms with Crippen molar-refractivity contribution >= 4 is 28.8 Å². The fraction of sp³-hybridized carbons (Fsp3) is 0.368. The number of rotatable bonds is 8. The van der Waals surface area contributed by atoms with Crippen molar-refractivity contribution < 1.29 is 19.2 Å². The lowest BCUT2D eigenvalue weighted by atomic mass is 10.3. The third kappa shape index (κ3) is 5.86. The molecule has 0 aliphatic heterocycles. The molecule has 0 bridgehead atoms. The maximum absolute atomic E-state index is 12.4. The first-order valence-electron chi connectivity index (χ1n) is 8.41. The molecule has 2 aromatic rings. The Morgan fingerprint density at radius 2 is 2.08 bits per heavy atom. The third-order valence-electron chi connectivity index (χ3n) is 4.04. The second-order valence-electron chi connectivity index (χ2n) is 6.37. The molecule has 1 heterocycles. The molecule has 2 N–H and O–H groups in total. The lowest BCUT2D eigenvalue weighted by Crippen LogP contribution is -3.08. The number of quaternary nitrogens is 1. The molecule has 1 unspecified atom stereocenters. The van der Waals surface area contributed by atoms with Gasteiger partial charge in [0.25, 0.3) is 5.91 Å². The molecule has 0 fully saturated rings. The Morgan fingerprint density at radius 1 is 1.31 bits per heavy atom. The van der Waals surface area contributed by atoms with Crippen LogP contribution in [0.4, 0.5) is 5.69 Å². The van der Waals surface area contributed by atoms with Crippen molar-refractivity contribution in [3.63, 3.8) is 0 Å². The molecule has 7 heteroatoms. The van der Waals surface area contributed by atoms with Gasteiger partial charge in [-0.25, -0.2) is 0 Å². The van der Waals surface area contributed by atoms with E-state index in [1.165, 1.54) is 15.3 Å². The Hall–Kier alpha value is -2.38. The van der Waals surface area contributed by atoms with Crippen molar-refractivity contribution in [3.05, 3.63) is 46.2 Å². The van der Waals surface area contributed by atoms with E-state index in [0.717, 1.165) is 11.4 Å². The quantitative estimate of drug-likeness (QED) is 0.727. The molecule has 0 radical (unpaired) electrons. The number of thiophene rings is 1. The first kappa shape index (κ1) is 19.9. The standard InChI is InChI=1S/C19H25N3O3S/c1-14-8-9-26-17(14)11-21(2)13-19(24)22(3)12-18(23)20-15-6-5-7-16(10-15)25-4/h5-10H,11-13H2,1-4H3,(H,20,23)/p+1. The van der Waals surface area contributed by atoms with E-state index < -0.39 is 0 Å². The van der Waals surface area contributed by atoms with Crippen LogP contribution in [-0.4, -0.2) is 51.0 Å². The Labute approximate surface area is 158 Å². The predicted molar refractivity (Wildman–Crippen MR) is 104 cm³/mol. The highest BCUT2D eigenvalue weighted by Gasteiger charge is 2.18. The number of nitrogens with one attached hydrogen (secondary N) is 2. The van der Waals surface area contributed by atoms with Crippen molar-refractivity contribution in [2.75, 3.05) is 39.6 Å². The van der Waals surface area contributed by atoms with Gasteiger partial charge in [0.05, 0.1) is 25.6 Å². The second-order valence-corrected chi connectivity index (χ2v) is 7.37. The summed E-state index contributed by atoms with van der Waals surface area (Å²) in [6, 6.07) is 9.21. The van der Waals surface area contributed by atoms with E-state index in [1.54, 1.807) is 49.8 Å². The summed E-state index contributed by atoms with van der Waals surface area (Å²) in [7, 11) is 5.21. The minimum absolute atomic E-state index is 0.0152. The van der Waals surface area contributed by atoms with E-state index in [4.69, 9.17) is 4.74 Å². The lowest BCUT2D eigenvalue weighted by Gasteiger charge is -2.19. The van der Waals surface area contributed by atoms with Crippen molar-refractivity contribution in [3.8, 4) is 5.75 Å². The molecule has 26 heavy (non-hydrogen) atoms. The summed E-state index contributed by atoms with van der Waals surface area (Å²) in [5.74, 6) is 0.375. The highest BCUT2D eigenvalue weighted by Crippen LogP contribution is 2.16. The largest absolute Gasteiger partial charge is 0.497 e. The molecule has 0 aliphatic rings.